The lowest BCUT2D eigenvalue weighted by atomic mass is 10.1. The van der Waals surface area contributed by atoms with Gasteiger partial charge >= 0.3 is 0 Å². The van der Waals surface area contributed by atoms with Gasteiger partial charge in [-0.05, 0) is 68.4 Å². The van der Waals surface area contributed by atoms with E-state index in [1.165, 1.54) is 0 Å². The van der Waals surface area contributed by atoms with Crippen LogP contribution in [0, 0.1) is 0 Å². The summed E-state index contributed by atoms with van der Waals surface area (Å²) in [5.41, 5.74) is 0.812. The van der Waals surface area contributed by atoms with Crippen molar-refractivity contribution < 1.29 is 9.21 Å². The molecule has 0 aliphatic heterocycles. The predicted molar refractivity (Wildman–Crippen MR) is 125 cm³/mol. The molecule has 0 saturated heterocycles. The van der Waals surface area contributed by atoms with E-state index in [2.05, 4.69) is 0 Å². The Bertz CT molecular complexity index is 1320. The third kappa shape index (κ3) is 4.29. The van der Waals surface area contributed by atoms with Gasteiger partial charge in [-0.2, -0.15) is 0 Å². The molecule has 8 heteroatoms. The minimum Gasteiger partial charge on any atom is -0.467 e. The Morgan fingerprint density at radius 3 is 2.50 bits per heavy atom. The number of fused-ring (bicyclic) bond motifs is 1. The van der Waals surface area contributed by atoms with Crippen molar-refractivity contribution in [2.24, 2.45) is 0 Å². The van der Waals surface area contributed by atoms with Gasteiger partial charge in [0.15, 0.2) is 0 Å². The summed E-state index contributed by atoms with van der Waals surface area (Å²) in [6.07, 6.45) is 1.56. The average Bonchev–Trinajstić information content (AvgIpc) is 3.31. The number of hydrogen-bond donors (Lipinski definition) is 0. The highest BCUT2D eigenvalue weighted by molar-refractivity contribution is 6.31. The molecule has 32 heavy (non-hydrogen) atoms. The lowest BCUT2D eigenvalue weighted by Gasteiger charge is -2.30. The van der Waals surface area contributed by atoms with Gasteiger partial charge in [-0.15, -0.1) is 0 Å². The largest absolute Gasteiger partial charge is 0.467 e. The zero-order chi connectivity index (χ0) is 22.8. The Hall–Kier alpha value is -3.09. The lowest BCUT2D eigenvalue weighted by molar-refractivity contribution is 0.0646. The Labute approximate surface area is 195 Å². The van der Waals surface area contributed by atoms with Crippen LogP contribution in [0.1, 0.15) is 41.8 Å². The number of rotatable bonds is 6. The van der Waals surface area contributed by atoms with E-state index < -0.39 is 6.04 Å². The van der Waals surface area contributed by atoms with E-state index in [4.69, 9.17) is 32.6 Å². The van der Waals surface area contributed by atoms with E-state index in [-0.39, 0.29) is 18.0 Å². The average molecular weight is 470 g/mol. The normalized spacial score (nSPS) is 12.1. The maximum absolute atomic E-state index is 13.5. The van der Waals surface area contributed by atoms with Gasteiger partial charge in [-0.1, -0.05) is 23.2 Å². The SMILES string of the molecule is CCn1c(C(C)N(Cc2ccco2)C(=O)c2ccc(Cl)cc2)nc2ccc(Cl)cc2c1=O. The van der Waals surface area contributed by atoms with Crippen molar-refractivity contribution in [1.82, 2.24) is 14.5 Å². The third-order valence-electron chi connectivity index (χ3n) is 5.36. The molecule has 2 aromatic carbocycles. The predicted octanol–water partition coefficient (Wildman–Crippen LogP) is 5.72. The summed E-state index contributed by atoms with van der Waals surface area (Å²) >= 11 is 12.1. The van der Waals surface area contributed by atoms with Gasteiger partial charge in [-0.3, -0.25) is 14.2 Å². The van der Waals surface area contributed by atoms with Gasteiger partial charge in [-0.25, -0.2) is 4.98 Å². The molecule has 0 aliphatic rings. The fourth-order valence-electron chi connectivity index (χ4n) is 3.69. The second-order valence-electron chi connectivity index (χ2n) is 7.38. The molecule has 164 valence electrons. The molecule has 1 atom stereocenters. The molecule has 4 rings (SSSR count). The fraction of sp³-hybridized carbons (Fsp3) is 0.208. The Morgan fingerprint density at radius 2 is 1.84 bits per heavy atom. The zero-order valence-electron chi connectivity index (χ0n) is 17.6. The molecule has 0 saturated carbocycles. The first-order valence-corrected chi connectivity index (χ1v) is 10.9. The topological polar surface area (TPSA) is 68.3 Å². The summed E-state index contributed by atoms with van der Waals surface area (Å²) in [7, 11) is 0. The number of aromatic nitrogens is 2. The molecule has 0 radical (unpaired) electrons. The Kier molecular flexibility index (Phi) is 6.35. The zero-order valence-corrected chi connectivity index (χ0v) is 19.1. The summed E-state index contributed by atoms with van der Waals surface area (Å²) in [5, 5.41) is 1.45. The minimum absolute atomic E-state index is 0.196. The van der Waals surface area contributed by atoms with Gasteiger partial charge < -0.3 is 9.32 Å². The monoisotopic (exact) mass is 469 g/mol. The molecule has 1 amide bonds. The van der Waals surface area contributed by atoms with Crippen LogP contribution < -0.4 is 5.56 Å². The molecular formula is C24H21Cl2N3O3. The van der Waals surface area contributed by atoms with Crippen LogP contribution in [0.2, 0.25) is 10.0 Å². The van der Waals surface area contributed by atoms with Gasteiger partial charge in [0.05, 0.1) is 29.8 Å². The van der Waals surface area contributed by atoms with E-state index in [9.17, 15) is 9.59 Å². The first-order valence-electron chi connectivity index (χ1n) is 10.2. The highest BCUT2D eigenvalue weighted by Gasteiger charge is 2.28. The van der Waals surface area contributed by atoms with Crippen LogP contribution >= 0.6 is 23.2 Å². The first-order chi connectivity index (χ1) is 15.4. The summed E-state index contributed by atoms with van der Waals surface area (Å²) in [5.74, 6) is 0.886. The minimum atomic E-state index is -0.518. The van der Waals surface area contributed by atoms with E-state index >= 15 is 0 Å². The maximum Gasteiger partial charge on any atom is 0.261 e. The van der Waals surface area contributed by atoms with Crippen LogP contribution in [0.3, 0.4) is 0 Å². The standard InChI is InChI=1S/C24H21Cl2N3O3/c1-3-28-22(27-21-11-10-18(26)13-20(21)24(28)31)15(2)29(14-19-5-4-12-32-19)23(30)16-6-8-17(25)9-7-16/h4-13,15H,3,14H2,1-2H3. The molecule has 1 unspecified atom stereocenters. The molecule has 6 nitrogen and oxygen atoms in total. The number of halogens is 2. The van der Waals surface area contributed by atoms with Crippen LogP contribution in [0.4, 0.5) is 0 Å². The van der Waals surface area contributed by atoms with Gasteiger partial charge in [0.1, 0.15) is 11.6 Å². The van der Waals surface area contributed by atoms with E-state index in [0.717, 1.165) is 0 Å². The summed E-state index contributed by atoms with van der Waals surface area (Å²) in [4.78, 5) is 33.1. The van der Waals surface area contributed by atoms with Crippen molar-refractivity contribution in [1.29, 1.82) is 0 Å². The van der Waals surface area contributed by atoms with Gasteiger partial charge in [0, 0.05) is 22.2 Å². The van der Waals surface area contributed by atoms with Gasteiger partial charge in [0.25, 0.3) is 11.5 Å². The second kappa shape index (κ2) is 9.18. The number of carbonyl (C=O) groups excluding carboxylic acids is 1. The molecule has 2 aromatic heterocycles. The highest BCUT2D eigenvalue weighted by Crippen LogP contribution is 2.26. The molecule has 0 spiro atoms. The van der Waals surface area contributed by atoms with Crippen LogP contribution in [0.5, 0.6) is 0 Å². The number of hydrogen-bond acceptors (Lipinski definition) is 4. The fourth-order valence-corrected chi connectivity index (χ4v) is 3.99. The van der Waals surface area contributed by atoms with Crippen molar-refractivity contribution in [2.45, 2.75) is 33.0 Å². The summed E-state index contributed by atoms with van der Waals surface area (Å²) in [6, 6.07) is 14.8. The van der Waals surface area contributed by atoms with Crippen molar-refractivity contribution in [3.63, 3.8) is 0 Å². The van der Waals surface area contributed by atoms with Gasteiger partial charge in [0.2, 0.25) is 0 Å². The molecule has 0 bridgehead atoms. The van der Waals surface area contributed by atoms with Crippen molar-refractivity contribution in [2.75, 3.05) is 0 Å². The quantitative estimate of drug-likeness (QED) is 0.362. The molecule has 0 aliphatic carbocycles. The van der Waals surface area contributed by atoms with Crippen molar-refractivity contribution in [3.8, 4) is 0 Å². The van der Waals surface area contributed by atoms with E-state index in [1.807, 2.05) is 13.8 Å². The van der Waals surface area contributed by atoms with Crippen molar-refractivity contribution >= 4 is 40.0 Å². The molecular weight excluding hydrogens is 449 g/mol. The first kappa shape index (κ1) is 22.1. The van der Waals surface area contributed by atoms with Crippen molar-refractivity contribution in [3.05, 3.63) is 98.4 Å². The van der Waals surface area contributed by atoms with Crippen LogP contribution in [-0.4, -0.2) is 20.4 Å². The summed E-state index contributed by atoms with van der Waals surface area (Å²) < 4.78 is 7.08. The lowest BCUT2D eigenvalue weighted by Crippen LogP contribution is -2.37. The maximum atomic E-state index is 13.5. The van der Waals surface area contributed by atoms with E-state index in [0.29, 0.717) is 44.6 Å². The second-order valence-corrected chi connectivity index (χ2v) is 8.25. The highest BCUT2D eigenvalue weighted by atomic mass is 35.5. The molecule has 4 aromatic rings. The van der Waals surface area contributed by atoms with Crippen LogP contribution in [0.25, 0.3) is 10.9 Å². The summed E-state index contributed by atoms with van der Waals surface area (Å²) in [6.45, 7) is 4.34. The van der Waals surface area contributed by atoms with Crippen LogP contribution in [-0.2, 0) is 13.1 Å². The number of nitrogens with zero attached hydrogens (tertiary/aromatic N) is 3. The molecule has 0 fully saturated rings. The Balaban J connectivity index is 1.83. The smallest absolute Gasteiger partial charge is 0.261 e. The third-order valence-corrected chi connectivity index (χ3v) is 5.85. The number of amides is 1. The molecule has 0 N–H and O–H groups in total. The number of furan rings is 1. The number of carbonyl (C=O) groups is 1. The van der Waals surface area contributed by atoms with E-state index in [1.54, 1.807) is 70.3 Å². The van der Waals surface area contributed by atoms with Crippen LogP contribution in [0.15, 0.2) is 70.1 Å². The number of benzene rings is 2. The molecule has 2 heterocycles. The Morgan fingerprint density at radius 1 is 1.12 bits per heavy atom.